The normalized spacial score (nSPS) is 17.0. The SMILES string of the molecule is O=C1c2ccccc2CN1CC1CCN(C/C(=N/OCc2ccccc2)c2ccc(F)cc2)CC1. The van der Waals surface area contributed by atoms with Crippen molar-refractivity contribution in [3.8, 4) is 0 Å². The smallest absolute Gasteiger partial charge is 0.254 e. The zero-order chi connectivity index (χ0) is 24.0. The Morgan fingerprint density at radius 2 is 1.66 bits per heavy atom. The Balaban J connectivity index is 1.17. The maximum absolute atomic E-state index is 13.5. The van der Waals surface area contributed by atoms with E-state index in [0.717, 1.165) is 67.0 Å². The molecule has 0 aliphatic carbocycles. The highest BCUT2D eigenvalue weighted by atomic mass is 19.1. The fraction of sp³-hybridized carbons (Fsp3) is 0.310. The molecule has 0 N–H and O–H groups in total. The number of hydrogen-bond donors (Lipinski definition) is 0. The van der Waals surface area contributed by atoms with Crippen LogP contribution in [0, 0.1) is 11.7 Å². The van der Waals surface area contributed by atoms with Crippen LogP contribution >= 0.6 is 0 Å². The van der Waals surface area contributed by atoms with E-state index in [2.05, 4.69) is 10.1 Å². The number of halogens is 1. The molecule has 5 nitrogen and oxygen atoms in total. The Kier molecular flexibility index (Phi) is 7.19. The molecule has 5 rings (SSSR count). The number of likely N-dealkylation sites (tertiary alicyclic amines) is 1. The minimum absolute atomic E-state index is 0.157. The van der Waals surface area contributed by atoms with Gasteiger partial charge in [-0.1, -0.05) is 65.8 Å². The van der Waals surface area contributed by atoms with E-state index in [1.54, 1.807) is 12.1 Å². The maximum Gasteiger partial charge on any atom is 0.254 e. The van der Waals surface area contributed by atoms with Crippen LogP contribution in [0.5, 0.6) is 0 Å². The average Bonchev–Trinajstić information content (AvgIpc) is 3.21. The number of hydrogen-bond acceptors (Lipinski definition) is 4. The van der Waals surface area contributed by atoms with Gasteiger partial charge in [-0.05, 0) is 61.2 Å². The Morgan fingerprint density at radius 3 is 2.40 bits per heavy atom. The van der Waals surface area contributed by atoms with Crippen LogP contribution in [0.2, 0.25) is 0 Å². The van der Waals surface area contributed by atoms with Crippen LogP contribution in [0.4, 0.5) is 4.39 Å². The summed E-state index contributed by atoms with van der Waals surface area (Å²) < 4.78 is 13.5. The van der Waals surface area contributed by atoms with E-state index in [4.69, 9.17) is 4.84 Å². The highest BCUT2D eigenvalue weighted by Crippen LogP contribution is 2.26. The molecule has 3 aromatic rings. The largest absolute Gasteiger partial charge is 0.391 e. The first-order valence-electron chi connectivity index (χ1n) is 12.2. The summed E-state index contributed by atoms with van der Waals surface area (Å²) in [7, 11) is 0. The quantitative estimate of drug-likeness (QED) is 0.339. The van der Waals surface area contributed by atoms with Crippen LogP contribution in [-0.4, -0.2) is 47.6 Å². The lowest BCUT2D eigenvalue weighted by molar-refractivity contribution is 0.0718. The number of rotatable bonds is 8. The lowest BCUT2D eigenvalue weighted by atomic mass is 9.95. The van der Waals surface area contributed by atoms with Crippen LogP contribution in [0.3, 0.4) is 0 Å². The highest BCUT2D eigenvalue weighted by Gasteiger charge is 2.30. The van der Waals surface area contributed by atoms with Gasteiger partial charge < -0.3 is 9.74 Å². The van der Waals surface area contributed by atoms with Gasteiger partial charge in [-0.3, -0.25) is 9.69 Å². The van der Waals surface area contributed by atoms with Crippen molar-refractivity contribution in [2.45, 2.75) is 26.0 Å². The minimum Gasteiger partial charge on any atom is -0.391 e. The van der Waals surface area contributed by atoms with Gasteiger partial charge in [-0.15, -0.1) is 0 Å². The van der Waals surface area contributed by atoms with Crippen LogP contribution < -0.4 is 0 Å². The molecule has 2 heterocycles. The fourth-order valence-electron chi connectivity index (χ4n) is 4.89. The predicted molar refractivity (Wildman–Crippen MR) is 135 cm³/mol. The molecule has 1 saturated heterocycles. The minimum atomic E-state index is -0.266. The summed E-state index contributed by atoms with van der Waals surface area (Å²) in [4.78, 5) is 22.8. The molecule has 0 atom stereocenters. The number of carbonyl (C=O) groups is 1. The number of carbonyl (C=O) groups excluding carboxylic acids is 1. The van der Waals surface area contributed by atoms with Crippen molar-refractivity contribution in [3.05, 3.63) is 107 Å². The highest BCUT2D eigenvalue weighted by molar-refractivity contribution is 6.01. The molecule has 0 radical (unpaired) electrons. The van der Waals surface area contributed by atoms with E-state index < -0.39 is 0 Å². The van der Waals surface area contributed by atoms with Gasteiger partial charge in [-0.2, -0.15) is 0 Å². The third-order valence-corrected chi connectivity index (χ3v) is 6.88. The second kappa shape index (κ2) is 10.8. The van der Waals surface area contributed by atoms with Gasteiger partial charge in [0.25, 0.3) is 5.91 Å². The van der Waals surface area contributed by atoms with Gasteiger partial charge in [0.05, 0.1) is 0 Å². The molecular formula is C29H30FN3O2. The van der Waals surface area contributed by atoms with Gasteiger partial charge in [0.15, 0.2) is 0 Å². The van der Waals surface area contributed by atoms with Crippen molar-refractivity contribution in [2.75, 3.05) is 26.2 Å². The van der Waals surface area contributed by atoms with Crippen molar-refractivity contribution in [2.24, 2.45) is 11.1 Å². The predicted octanol–water partition coefficient (Wildman–Crippen LogP) is 5.11. The molecule has 3 aromatic carbocycles. The maximum atomic E-state index is 13.5. The van der Waals surface area contributed by atoms with Gasteiger partial charge in [0.2, 0.25) is 0 Å². The molecular weight excluding hydrogens is 441 g/mol. The molecule has 0 bridgehead atoms. The van der Waals surface area contributed by atoms with Crippen molar-refractivity contribution in [1.29, 1.82) is 0 Å². The molecule has 1 fully saturated rings. The van der Waals surface area contributed by atoms with Gasteiger partial charge in [0, 0.05) is 30.8 Å². The molecule has 2 aliphatic rings. The fourth-order valence-corrected chi connectivity index (χ4v) is 4.89. The van der Waals surface area contributed by atoms with E-state index in [1.165, 1.54) is 12.1 Å². The Labute approximate surface area is 205 Å². The summed E-state index contributed by atoms with van der Waals surface area (Å²) >= 11 is 0. The van der Waals surface area contributed by atoms with Crippen molar-refractivity contribution < 1.29 is 14.0 Å². The number of amides is 1. The zero-order valence-corrected chi connectivity index (χ0v) is 19.8. The summed E-state index contributed by atoms with van der Waals surface area (Å²) in [6, 6.07) is 24.2. The van der Waals surface area contributed by atoms with Crippen molar-refractivity contribution in [3.63, 3.8) is 0 Å². The second-order valence-electron chi connectivity index (χ2n) is 9.37. The van der Waals surface area contributed by atoms with Crippen LogP contribution in [0.25, 0.3) is 0 Å². The summed E-state index contributed by atoms with van der Waals surface area (Å²) in [5.74, 6) is 0.382. The summed E-state index contributed by atoms with van der Waals surface area (Å²) in [5.41, 5.74) is 4.69. The molecule has 2 aliphatic heterocycles. The molecule has 180 valence electrons. The molecule has 0 saturated carbocycles. The van der Waals surface area contributed by atoms with E-state index in [1.807, 2.05) is 59.5 Å². The molecule has 0 aromatic heterocycles. The first-order valence-corrected chi connectivity index (χ1v) is 12.2. The average molecular weight is 472 g/mol. The van der Waals surface area contributed by atoms with E-state index >= 15 is 0 Å². The van der Waals surface area contributed by atoms with Gasteiger partial charge in [-0.25, -0.2) is 4.39 Å². The van der Waals surface area contributed by atoms with E-state index in [0.29, 0.717) is 19.1 Å². The first-order chi connectivity index (χ1) is 17.2. The number of fused-ring (bicyclic) bond motifs is 1. The molecule has 0 unspecified atom stereocenters. The lowest BCUT2D eigenvalue weighted by Crippen LogP contribution is -2.41. The van der Waals surface area contributed by atoms with Crippen LogP contribution in [0.1, 0.15) is 39.9 Å². The first kappa shape index (κ1) is 23.2. The summed E-state index contributed by atoms with van der Waals surface area (Å²) in [6.07, 6.45) is 2.06. The van der Waals surface area contributed by atoms with Crippen LogP contribution in [-0.2, 0) is 18.0 Å². The van der Waals surface area contributed by atoms with E-state index in [-0.39, 0.29) is 11.7 Å². The third-order valence-electron chi connectivity index (χ3n) is 6.88. The van der Waals surface area contributed by atoms with Crippen molar-refractivity contribution in [1.82, 2.24) is 9.80 Å². The second-order valence-corrected chi connectivity index (χ2v) is 9.37. The zero-order valence-electron chi connectivity index (χ0n) is 19.8. The molecule has 0 spiro atoms. The molecule has 35 heavy (non-hydrogen) atoms. The van der Waals surface area contributed by atoms with Gasteiger partial charge in [0.1, 0.15) is 18.1 Å². The topological polar surface area (TPSA) is 45.1 Å². The Bertz CT molecular complexity index is 1170. The number of piperidine rings is 1. The Morgan fingerprint density at radius 1 is 0.943 bits per heavy atom. The molecule has 1 amide bonds. The third kappa shape index (κ3) is 5.77. The standard InChI is InChI=1S/C29H30FN3O2/c30-26-12-10-24(11-13-26)28(31-35-21-23-6-2-1-3-7-23)20-32-16-14-22(15-17-32)18-33-19-25-8-4-5-9-27(25)29(33)34/h1-13,22H,14-21H2/b31-28-. The number of nitrogens with zero attached hydrogens (tertiary/aromatic N) is 3. The number of oxime groups is 1. The van der Waals surface area contributed by atoms with Crippen LogP contribution in [0.15, 0.2) is 84.0 Å². The van der Waals surface area contributed by atoms with Crippen molar-refractivity contribution >= 4 is 11.6 Å². The lowest BCUT2D eigenvalue weighted by Gasteiger charge is -2.34. The van der Waals surface area contributed by atoms with E-state index in [9.17, 15) is 9.18 Å². The van der Waals surface area contributed by atoms with Gasteiger partial charge >= 0.3 is 0 Å². The number of benzene rings is 3. The molecule has 6 heteroatoms. The Hall–Kier alpha value is -3.51. The summed E-state index contributed by atoms with van der Waals surface area (Å²) in [6.45, 7) is 4.41. The summed E-state index contributed by atoms with van der Waals surface area (Å²) in [5, 5.41) is 4.45. The monoisotopic (exact) mass is 471 g/mol.